The van der Waals surface area contributed by atoms with Gasteiger partial charge in [0.1, 0.15) is 13.2 Å². The number of hydrogen-bond acceptors (Lipinski definition) is 7. The fraction of sp³-hybridized carbons (Fsp3) is 0.438. The third-order valence-electron chi connectivity index (χ3n) is 3.82. The maximum Gasteiger partial charge on any atom is 0.414 e. The summed E-state index contributed by atoms with van der Waals surface area (Å²) in [5.41, 5.74) is 6.11. The summed E-state index contributed by atoms with van der Waals surface area (Å²) in [5, 5.41) is 16.0. The average Bonchev–Trinajstić information content (AvgIpc) is 2.94. The molecule has 0 atom stereocenters. The summed E-state index contributed by atoms with van der Waals surface area (Å²) in [7, 11) is 0. The van der Waals surface area contributed by atoms with Crippen LogP contribution in [0.3, 0.4) is 0 Å². The Morgan fingerprint density at radius 1 is 1.30 bits per heavy atom. The number of guanidine groups is 1. The van der Waals surface area contributed by atoms with Gasteiger partial charge < -0.3 is 20.7 Å². The molecular weight excluding hydrogens is 356 g/mol. The first kappa shape index (κ1) is 20.1. The number of benzene rings is 1. The van der Waals surface area contributed by atoms with Crippen molar-refractivity contribution in [2.75, 3.05) is 32.7 Å². The number of aliphatic imine (C=N–C) groups is 1. The molecule has 1 heterocycles. The summed E-state index contributed by atoms with van der Waals surface area (Å²) < 4.78 is 4.95. The third kappa shape index (κ3) is 6.90. The van der Waals surface area contributed by atoms with Gasteiger partial charge in [-0.15, -0.1) is 0 Å². The zero-order chi connectivity index (χ0) is 19.6. The van der Waals surface area contributed by atoms with E-state index in [1.165, 1.54) is 24.3 Å². The number of rotatable bonds is 5. The Labute approximate surface area is 155 Å². The van der Waals surface area contributed by atoms with Crippen LogP contribution in [-0.2, 0) is 16.1 Å². The van der Waals surface area contributed by atoms with Crippen molar-refractivity contribution in [3.05, 3.63) is 39.9 Å². The van der Waals surface area contributed by atoms with E-state index < -0.39 is 11.0 Å². The largest absolute Gasteiger partial charge is 0.444 e. The molecule has 0 spiro atoms. The normalized spacial score (nSPS) is 15.0. The number of non-ortho nitro benzene ring substituents is 1. The molecule has 2 amide bonds. The monoisotopic (exact) mass is 378 g/mol. The van der Waals surface area contributed by atoms with Crippen LogP contribution in [0.25, 0.3) is 0 Å². The predicted molar refractivity (Wildman–Crippen MR) is 97.0 cm³/mol. The predicted octanol–water partition coefficient (Wildman–Crippen LogP) is -0.0424. The van der Waals surface area contributed by atoms with Crippen LogP contribution >= 0.6 is 0 Å². The lowest BCUT2D eigenvalue weighted by Crippen LogP contribution is -2.39. The SMILES string of the molecule is NC(=NCC(=O)N1CCCNCC1)NC(=O)OCc1ccc([N+](=O)[O-])cc1. The van der Waals surface area contributed by atoms with Crippen LogP contribution in [0.2, 0.25) is 0 Å². The molecule has 146 valence electrons. The topological polar surface area (TPSA) is 152 Å². The number of carbonyl (C=O) groups excluding carboxylic acids is 2. The molecule has 1 aromatic rings. The molecule has 0 aromatic heterocycles. The molecule has 1 aliphatic heterocycles. The van der Waals surface area contributed by atoms with Gasteiger partial charge in [-0.05, 0) is 30.7 Å². The van der Waals surface area contributed by atoms with Crippen LogP contribution in [0.5, 0.6) is 0 Å². The van der Waals surface area contributed by atoms with E-state index in [-0.39, 0.29) is 30.7 Å². The molecule has 0 saturated carbocycles. The zero-order valence-corrected chi connectivity index (χ0v) is 14.7. The molecule has 11 heteroatoms. The summed E-state index contributed by atoms with van der Waals surface area (Å²) in [6.07, 6.45) is 0.0408. The summed E-state index contributed by atoms with van der Waals surface area (Å²) in [6.45, 7) is 2.63. The maximum absolute atomic E-state index is 12.1. The molecular formula is C16H22N6O5. The lowest BCUT2D eigenvalue weighted by Gasteiger charge is -2.18. The third-order valence-corrected chi connectivity index (χ3v) is 3.82. The number of nitrogens with two attached hydrogens (primary N) is 1. The Bertz CT molecular complexity index is 698. The van der Waals surface area contributed by atoms with Gasteiger partial charge >= 0.3 is 6.09 Å². The standard InChI is InChI=1S/C16H22N6O5/c17-15(19-10-14(23)21-8-1-6-18-7-9-21)20-16(24)27-11-12-2-4-13(5-3-12)22(25)26/h2-5,18H,1,6-11H2,(H3,17,19,20,24). The van der Waals surface area contributed by atoms with Crippen molar-refractivity contribution in [2.45, 2.75) is 13.0 Å². The molecule has 2 rings (SSSR count). The zero-order valence-electron chi connectivity index (χ0n) is 14.7. The second kappa shape index (κ2) is 10.1. The van der Waals surface area contributed by atoms with Crippen molar-refractivity contribution < 1.29 is 19.2 Å². The number of hydrogen-bond donors (Lipinski definition) is 3. The van der Waals surface area contributed by atoms with Crippen LogP contribution < -0.4 is 16.4 Å². The van der Waals surface area contributed by atoms with E-state index in [0.717, 1.165) is 19.5 Å². The summed E-state index contributed by atoms with van der Waals surface area (Å²) in [6, 6.07) is 5.60. The number of nitrogens with one attached hydrogen (secondary N) is 2. The minimum atomic E-state index is -0.832. The molecule has 4 N–H and O–H groups in total. The van der Waals surface area contributed by atoms with E-state index in [2.05, 4.69) is 15.6 Å². The van der Waals surface area contributed by atoms with Gasteiger partial charge in [0.15, 0.2) is 5.96 Å². The molecule has 0 unspecified atom stereocenters. The van der Waals surface area contributed by atoms with E-state index in [1.807, 2.05) is 0 Å². The minimum Gasteiger partial charge on any atom is -0.444 e. The van der Waals surface area contributed by atoms with Gasteiger partial charge in [-0.3, -0.25) is 20.2 Å². The van der Waals surface area contributed by atoms with Gasteiger partial charge in [0.05, 0.1) is 4.92 Å². The van der Waals surface area contributed by atoms with Crippen LogP contribution in [0, 0.1) is 10.1 Å². The van der Waals surface area contributed by atoms with Gasteiger partial charge in [0, 0.05) is 31.8 Å². The van der Waals surface area contributed by atoms with Crippen molar-refractivity contribution in [3.63, 3.8) is 0 Å². The van der Waals surface area contributed by atoms with Gasteiger partial charge in [-0.2, -0.15) is 0 Å². The Hall–Kier alpha value is -3.21. The highest BCUT2D eigenvalue weighted by Crippen LogP contribution is 2.12. The molecule has 11 nitrogen and oxygen atoms in total. The summed E-state index contributed by atoms with van der Waals surface area (Å²) in [4.78, 5) is 39.4. The van der Waals surface area contributed by atoms with Crippen LogP contribution in [0.4, 0.5) is 10.5 Å². The van der Waals surface area contributed by atoms with Crippen LogP contribution in [0.15, 0.2) is 29.3 Å². The Balaban J connectivity index is 1.74. The molecule has 0 bridgehead atoms. The molecule has 27 heavy (non-hydrogen) atoms. The number of ether oxygens (including phenoxy) is 1. The molecule has 0 radical (unpaired) electrons. The van der Waals surface area contributed by atoms with E-state index >= 15 is 0 Å². The fourth-order valence-corrected chi connectivity index (χ4v) is 2.39. The molecule has 1 saturated heterocycles. The number of nitro benzene ring substituents is 1. The number of amides is 2. The second-order valence-corrected chi connectivity index (χ2v) is 5.81. The van der Waals surface area contributed by atoms with E-state index in [9.17, 15) is 19.7 Å². The van der Waals surface area contributed by atoms with E-state index in [0.29, 0.717) is 18.7 Å². The van der Waals surface area contributed by atoms with Gasteiger partial charge in [-0.25, -0.2) is 9.79 Å². The minimum absolute atomic E-state index is 0.0514. The van der Waals surface area contributed by atoms with Gasteiger partial charge in [0.2, 0.25) is 5.91 Å². The van der Waals surface area contributed by atoms with E-state index in [4.69, 9.17) is 10.5 Å². The molecule has 1 aliphatic rings. The maximum atomic E-state index is 12.1. The number of alkyl carbamates (subject to hydrolysis) is 1. The second-order valence-electron chi connectivity index (χ2n) is 5.81. The van der Waals surface area contributed by atoms with Crippen molar-refractivity contribution in [1.82, 2.24) is 15.5 Å². The highest BCUT2D eigenvalue weighted by molar-refractivity contribution is 5.94. The average molecular weight is 378 g/mol. The lowest BCUT2D eigenvalue weighted by molar-refractivity contribution is -0.384. The highest BCUT2D eigenvalue weighted by atomic mass is 16.6. The quantitative estimate of drug-likeness (QED) is 0.281. The van der Waals surface area contributed by atoms with Crippen molar-refractivity contribution in [2.24, 2.45) is 10.7 Å². The first-order valence-corrected chi connectivity index (χ1v) is 8.41. The highest BCUT2D eigenvalue weighted by Gasteiger charge is 2.15. The van der Waals surface area contributed by atoms with Gasteiger partial charge in [-0.1, -0.05) is 0 Å². The molecule has 1 fully saturated rings. The Morgan fingerprint density at radius 3 is 2.74 bits per heavy atom. The van der Waals surface area contributed by atoms with Gasteiger partial charge in [0.25, 0.3) is 5.69 Å². The van der Waals surface area contributed by atoms with Crippen LogP contribution in [0.1, 0.15) is 12.0 Å². The smallest absolute Gasteiger partial charge is 0.414 e. The first-order chi connectivity index (χ1) is 13.0. The molecule has 1 aromatic carbocycles. The summed E-state index contributed by atoms with van der Waals surface area (Å²) >= 11 is 0. The van der Waals surface area contributed by atoms with E-state index in [1.54, 1.807) is 4.90 Å². The summed E-state index contributed by atoms with van der Waals surface area (Å²) in [5.74, 6) is -0.382. The van der Waals surface area contributed by atoms with Crippen molar-refractivity contribution >= 4 is 23.6 Å². The lowest BCUT2D eigenvalue weighted by atomic mass is 10.2. The Kier molecular flexibility index (Phi) is 7.49. The first-order valence-electron chi connectivity index (χ1n) is 8.41. The van der Waals surface area contributed by atoms with Crippen molar-refractivity contribution in [3.8, 4) is 0 Å². The number of nitrogens with zero attached hydrogens (tertiary/aromatic N) is 3. The van der Waals surface area contributed by atoms with Crippen molar-refractivity contribution in [1.29, 1.82) is 0 Å². The number of nitro groups is 1. The molecule has 0 aliphatic carbocycles. The van der Waals surface area contributed by atoms with Crippen LogP contribution in [-0.4, -0.2) is 60.5 Å². The Morgan fingerprint density at radius 2 is 2.04 bits per heavy atom. The number of carbonyl (C=O) groups is 2. The fourth-order valence-electron chi connectivity index (χ4n) is 2.39.